The van der Waals surface area contributed by atoms with Crippen molar-refractivity contribution in [3.63, 3.8) is 0 Å². The lowest BCUT2D eigenvalue weighted by molar-refractivity contribution is 0.0980. The number of benzene rings is 1. The molecule has 0 aliphatic heterocycles. The summed E-state index contributed by atoms with van der Waals surface area (Å²) in [5.41, 5.74) is 4.23. The molecule has 1 heterocycles. The van der Waals surface area contributed by atoms with Crippen LogP contribution in [-0.2, 0) is 7.05 Å². The minimum Gasteiger partial charge on any atom is -0.341 e. The monoisotopic (exact) mass is 227 g/mol. The molecule has 2 nitrogen and oxygen atoms in total. The van der Waals surface area contributed by atoms with Gasteiger partial charge >= 0.3 is 0 Å². The zero-order valence-corrected chi connectivity index (χ0v) is 10.5. The molecule has 0 N–H and O–H groups in total. The van der Waals surface area contributed by atoms with Crippen LogP contribution in [0.25, 0.3) is 11.3 Å². The van der Waals surface area contributed by atoms with E-state index < -0.39 is 0 Å². The largest absolute Gasteiger partial charge is 0.341 e. The normalized spacial score (nSPS) is 10.5. The molecular formula is C15H17NO. The first-order valence-corrected chi connectivity index (χ1v) is 5.90. The molecule has 0 radical (unpaired) electrons. The first-order valence-electron chi connectivity index (χ1n) is 5.90. The van der Waals surface area contributed by atoms with Crippen molar-refractivity contribution < 1.29 is 4.79 Å². The van der Waals surface area contributed by atoms with Gasteiger partial charge in [0.1, 0.15) is 0 Å². The van der Waals surface area contributed by atoms with Crippen LogP contribution in [-0.4, -0.2) is 10.4 Å². The summed E-state index contributed by atoms with van der Waals surface area (Å²) >= 11 is 0. The smallest absolute Gasteiger partial charge is 0.178 e. The Balaban J connectivity index is 2.57. The van der Waals surface area contributed by atoms with E-state index in [1.807, 2.05) is 42.8 Å². The van der Waals surface area contributed by atoms with E-state index in [0.717, 1.165) is 22.5 Å². The Kier molecular flexibility index (Phi) is 3.14. The number of rotatable bonds is 3. The molecule has 0 spiro atoms. The van der Waals surface area contributed by atoms with Gasteiger partial charge in [-0.2, -0.15) is 0 Å². The lowest BCUT2D eigenvalue weighted by atomic mass is 10.1. The summed E-state index contributed by atoms with van der Waals surface area (Å²) in [6, 6.07) is 12.2. The van der Waals surface area contributed by atoms with Crippen LogP contribution in [0, 0.1) is 6.92 Å². The van der Waals surface area contributed by atoms with E-state index in [1.165, 1.54) is 0 Å². The first kappa shape index (κ1) is 11.6. The van der Waals surface area contributed by atoms with Crippen LogP contribution >= 0.6 is 0 Å². The average molecular weight is 227 g/mol. The Morgan fingerprint density at radius 2 is 1.88 bits per heavy atom. The van der Waals surface area contributed by atoms with Crippen LogP contribution in [0.4, 0.5) is 0 Å². The van der Waals surface area contributed by atoms with Crippen molar-refractivity contribution in [2.24, 2.45) is 7.05 Å². The van der Waals surface area contributed by atoms with Crippen LogP contribution in [0.2, 0.25) is 0 Å². The maximum Gasteiger partial charge on any atom is 0.178 e. The number of aromatic nitrogens is 1. The maximum atomic E-state index is 11.8. The van der Waals surface area contributed by atoms with Gasteiger partial charge in [0.25, 0.3) is 0 Å². The number of aryl methyl sites for hydroxylation is 1. The van der Waals surface area contributed by atoms with Gasteiger partial charge < -0.3 is 4.57 Å². The third-order valence-electron chi connectivity index (χ3n) is 3.08. The van der Waals surface area contributed by atoms with Gasteiger partial charge in [-0.05, 0) is 24.1 Å². The van der Waals surface area contributed by atoms with Gasteiger partial charge in [-0.3, -0.25) is 4.79 Å². The summed E-state index contributed by atoms with van der Waals surface area (Å²) in [7, 11) is 1.96. The SMILES string of the molecule is CCC(=O)c1cc(C)c(-c2ccccc2)n1C. The van der Waals surface area contributed by atoms with Gasteiger partial charge in [0.05, 0.1) is 11.4 Å². The molecule has 2 rings (SSSR count). The van der Waals surface area contributed by atoms with Crippen LogP contribution in [0.1, 0.15) is 29.4 Å². The fourth-order valence-corrected chi connectivity index (χ4v) is 2.22. The van der Waals surface area contributed by atoms with Crippen LogP contribution in [0.5, 0.6) is 0 Å². The second-order valence-electron chi connectivity index (χ2n) is 4.26. The summed E-state index contributed by atoms with van der Waals surface area (Å²) in [6.45, 7) is 3.95. The molecule has 1 aromatic heterocycles. The van der Waals surface area contributed by atoms with E-state index in [-0.39, 0.29) is 5.78 Å². The van der Waals surface area contributed by atoms with Crippen LogP contribution < -0.4 is 0 Å². The quantitative estimate of drug-likeness (QED) is 0.734. The molecule has 0 atom stereocenters. The van der Waals surface area contributed by atoms with Crippen molar-refractivity contribution in [2.45, 2.75) is 20.3 Å². The molecule has 0 aliphatic rings. The predicted molar refractivity (Wildman–Crippen MR) is 70.2 cm³/mol. The highest BCUT2D eigenvalue weighted by Crippen LogP contribution is 2.26. The zero-order chi connectivity index (χ0) is 12.4. The Labute approximate surface area is 102 Å². The number of carbonyl (C=O) groups is 1. The van der Waals surface area contributed by atoms with Crippen molar-refractivity contribution in [3.8, 4) is 11.3 Å². The molecule has 0 bridgehead atoms. The van der Waals surface area contributed by atoms with E-state index in [4.69, 9.17) is 0 Å². The third kappa shape index (κ3) is 2.03. The Bertz CT molecular complexity index is 538. The Morgan fingerprint density at radius 1 is 1.24 bits per heavy atom. The summed E-state index contributed by atoms with van der Waals surface area (Å²) in [6.07, 6.45) is 0.547. The van der Waals surface area contributed by atoms with E-state index >= 15 is 0 Å². The summed E-state index contributed by atoms with van der Waals surface area (Å²) < 4.78 is 2.00. The summed E-state index contributed by atoms with van der Waals surface area (Å²) in [5.74, 6) is 0.192. The number of hydrogen-bond donors (Lipinski definition) is 0. The van der Waals surface area contributed by atoms with Crippen LogP contribution in [0.3, 0.4) is 0 Å². The molecule has 0 amide bonds. The number of Topliss-reactive ketones (excluding diaryl/α,β-unsaturated/α-hetero) is 1. The highest BCUT2D eigenvalue weighted by Gasteiger charge is 2.15. The fourth-order valence-electron chi connectivity index (χ4n) is 2.22. The van der Waals surface area contributed by atoms with Gasteiger partial charge in [-0.1, -0.05) is 37.3 Å². The number of nitrogens with zero attached hydrogens (tertiary/aromatic N) is 1. The molecule has 2 aromatic rings. The number of hydrogen-bond acceptors (Lipinski definition) is 1. The first-order chi connectivity index (χ1) is 8.15. The van der Waals surface area contributed by atoms with Crippen molar-refractivity contribution in [2.75, 3.05) is 0 Å². The third-order valence-corrected chi connectivity index (χ3v) is 3.08. The average Bonchev–Trinajstić information content (AvgIpc) is 2.65. The molecule has 2 heteroatoms. The lowest BCUT2D eigenvalue weighted by Gasteiger charge is -2.07. The zero-order valence-electron chi connectivity index (χ0n) is 10.5. The molecule has 0 saturated carbocycles. The Morgan fingerprint density at radius 3 is 2.47 bits per heavy atom. The molecular weight excluding hydrogens is 210 g/mol. The van der Waals surface area contributed by atoms with E-state index in [2.05, 4.69) is 19.1 Å². The van der Waals surface area contributed by atoms with Crippen molar-refractivity contribution in [3.05, 3.63) is 47.7 Å². The van der Waals surface area contributed by atoms with Gasteiger partial charge in [0.15, 0.2) is 5.78 Å². The summed E-state index contributed by atoms with van der Waals surface area (Å²) in [5, 5.41) is 0. The van der Waals surface area contributed by atoms with Gasteiger partial charge in [-0.15, -0.1) is 0 Å². The molecule has 17 heavy (non-hydrogen) atoms. The lowest BCUT2D eigenvalue weighted by Crippen LogP contribution is -2.05. The summed E-state index contributed by atoms with van der Waals surface area (Å²) in [4.78, 5) is 11.8. The van der Waals surface area contributed by atoms with E-state index in [0.29, 0.717) is 6.42 Å². The minimum absolute atomic E-state index is 0.192. The van der Waals surface area contributed by atoms with Gasteiger partial charge in [0.2, 0.25) is 0 Å². The molecule has 0 aliphatic carbocycles. The van der Waals surface area contributed by atoms with E-state index in [1.54, 1.807) is 0 Å². The molecule has 1 aromatic carbocycles. The maximum absolute atomic E-state index is 11.8. The van der Waals surface area contributed by atoms with Gasteiger partial charge in [-0.25, -0.2) is 0 Å². The van der Waals surface area contributed by atoms with E-state index in [9.17, 15) is 4.79 Å². The second kappa shape index (κ2) is 4.58. The molecule has 0 saturated heterocycles. The highest BCUT2D eigenvalue weighted by atomic mass is 16.1. The van der Waals surface area contributed by atoms with Gasteiger partial charge in [0, 0.05) is 13.5 Å². The number of carbonyl (C=O) groups excluding carboxylic acids is 1. The standard InChI is InChI=1S/C15H17NO/c1-4-14(17)13-10-11(2)15(16(13)3)12-8-6-5-7-9-12/h5-10H,4H2,1-3H3. The minimum atomic E-state index is 0.192. The second-order valence-corrected chi connectivity index (χ2v) is 4.26. The van der Waals surface area contributed by atoms with Crippen molar-refractivity contribution in [1.82, 2.24) is 4.57 Å². The molecule has 0 fully saturated rings. The molecule has 88 valence electrons. The van der Waals surface area contributed by atoms with Crippen molar-refractivity contribution >= 4 is 5.78 Å². The molecule has 0 unspecified atom stereocenters. The Hall–Kier alpha value is -1.83. The predicted octanol–water partition coefficient (Wildman–Crippen LogP) is 3.59. The van der Waals surface area contributed by atoms with Crippen LogP contribution in [0.15, 0.2) is 36.4 Å². The number of ketones is 1. The topological polar surface area (TPSA) is 22.0 Å². The highest BCUT2D eigenvalue weighted by molar-refractivity contribution is 5.96. The fraction of sp³-hybridized carbons (Fsp3) is 0.267. The van der Waals surface area contributed by atoms with Crippen molar-refractivity contribution in [1.29, 1.82) is 0 Å².